The van der Waals surface area contributed by atoms with Crippen molar-refractivity contribution in [2.75, 3.05) is 29.9 Å². The molecule has 1 aliphatic rings. The highest BCUT2D eigenvalue weighted by atomic mass is 16.5. The molecule has 1 saturated heterocycles. The van der Waals surface area contributed by atoms with Crippen LogP contribution >= 0.6 is 0 Å². The fraction of sp³-hybridized carbons (Fsp3) is 0.333. The molecule has 0 radical (unpaired) electrons. The average molecular weight is 352 g/mol. The molecule has 0 unspecified atom stereocenters. The lowest BCUT2D eigenvalue weighted by Crippen LogP contribution is -2.24. The molecule has 4 heterocycles. The van der Waals surface area contributed by atoms with E-state index in [1.807, 2.05) is 36.2 Å². The molecule has 0 saturated carbocycles. The van der Waals surface area contributed by atoms with Crippen molar-refractivity contribution in [3.63, 3.8) is 0 Å². The lowest BCUT2D eigenvalue weighted by molar-refractivity contribution is 0.198. The molecule has 0 aromatic carbocycles. The molecule has 0 amide bonds. The van der Waals surface area contributed by atoms with Crippen molar-refractivity contribution in [3.8, 4) is 11.3 Å². The van der Waals surface area contributed by atoms with Crippen LogP contribution in [-0.4, -0.2) is 51.5 Å². The number of anilines is 2. The third kappa shape index (κ3) is 3.50. The van der Waals surface area contributed by atoms with Crippen LogP contribution in [0.1, 0.15) is 12.2 Å². The lowest BCUT2D eigenvalue weighted by Gasteiger charge is -2.20. The van der Waals surface area contributed by atoms with E-state index in [2.05, 4.69) is 25.0 Å². The Labute approximate surface area is 151 Å². The molecule has 0 bridgehead atoms. The summed E-state index contributed by atoms with van der Waals surface area (Å²) < 4.78 is 5.44. The van der Waals surface area contributed by atoms with Gasteiger partial charge in [0.1, 0.15) is 11.5 Å². The molecule has 1 aliphatic heterocycles. The van der Waals surface area contributed by atoms with E-state index < -0.39 is 0 Å². The van der Waals surface area contributed by atoms with E-state index >= 15 is 0 Å². The molecule has 8 heteroatoms. The first-order valence-corrected chi connectivity index (χ1v) is 8.52. The molecule has 134 valence electrons. The second-order valence-electron chi connectivity index (χ2n) is 6.38. The topological polar surface area (TPSA) is 91.4 Å². The Bertz CT molecular complexity index is 869. The number of nitrogens with zero attached hydrogens (tertiary/aromatic N) is 6. The lowest BCUT2D eigenvalue weighted by atomic mass is 10.2. The van der Waals surface area contributed by atoms with Gasteiger partial charge in [0.05, 0.1) is 12.6 Å². The maximum Gasteiger partial charge on any atom is 0.227 e. The summed E-state index contributed by atoms with van der Waals surface area (Å²) in [5, 5.41) is 13.8. The summed E-state index contributed by atoms with van der Waals surface area (Å²) >= 11 is 0. The molecular weight excluding hydrogens is 332 g/mol. The zero-order valence-corrected chi connectivity index (χ0v) is 14.5. The minimum absolute atomic E-state index is 0.286. The van der Waals surface area contributed by atoms with Gasteiger partial charge in [0.2, 0.25) is 5.95 Å². The molecule has 3 aromatic rings. The monoisotopic (exact) mass is 352 g/mol. The molecule has 4 rings (SSSR count). The summed E-state index contributed by atoms with van der Waals surface area (Å²) in [5.74, 6) is 2.15. The summed E-state index contributed by atoms with van der Waals surface area (Å²) in [4.78, 5) is 17.0. The number of pyridine rings is 1. The van der Waals surface area contributed by atoms with Gasteiger partial charge in [0, 0.05) is 50.4 Å². The van der Waals surface area contributed by atoms with Crippen LogP contribution in [0.15, 0.2) is 47.4 Å². The Morgan fingerprint density at radius 1 is 1.35 bits per heavy atom. The zero-order valence-electron chi connectivity index (χ0n) is 14.5. The highest BCUT2D eigenvalue weighted by Gasteiger charge is 2.22. The van der Waals surface area contributed by atoms with E-state index in [-0.39, 0.29) is 6.10 Å². The average Bonchev–Trinajstić information content (AvgIpc) is 3.32. The van der Waals surface area contributed by atoms with E-state index in [9.17, 15) is 5.11 Å². The normalized spacial score (nSPS) is 16.8. The highest BCUT2D eigenvalue weighted by molar-refractivity contribution is 5.57. The minimum atomic E-state index is -0.286. The van der Waals surface area contributed by atoms with Crippen molar-refractivity contribution in [2.24, 2.45) is 0 Å². The van der Waals surface area contributed by atoms with E-state index in [0.29, 0.717) is 19.0 Å². The smallest absolute Gasteiger partial charge is 0.227 e. The summed E-state index contributed by atoms with van der Waals surface area (Å²) in [5.41, 5.74) is 1.67. The third-order valence-electron chi connectivity index (χ3n) is 4.37. The first-order valence-electron chi connectivity index (χ1n) is 8.52. The van der Waals surface area contributed by atoms with Gasteiger partial charge in [-0.05, 0) is 24.6 Å². The Hall–Kier alpha value is -3.00. The SMILES string of the molecule is CN(Cc1cc(-c2cccnc2)no1)c1nccc(N2CC[C@@H](O)C2)n1. The van der Waals surface area contributed by atoms with E-state index in [1.165, 1.54) is 0 Å². The fourth-order valence-electron chi connectivity index (χ4n) is 2.99. The number of aromatic nitrogens is 4. The van der Waals surface area contributed by atoms with Gasteiger partial charge in [-0.25, -0.2) is 4.98 Å². The summed E-state index contributed by atoms with van der Waals surface area (Å²) in [7, 11) is 1.91. The molecule has 1 N–H and O–H groups in total. The van der Waals surface area contributed by atoms with Crippen molar-refractivity contribution in [1.29, 1.82) is 0 Å². The van der Waals surface area contributed by atoms with Crippen LogP contribution in [0, 0.1) is 0 Å². The van der Waals surface area contributed by atoms with Crippen molar-refractivity contribution >= 4 is 11.8 Å². The molecule has 1 atom stereocenters. The number of hydrogen-bond donors (Lipinski definition) is 1. The van der Waals surface area contributed by atoms with Gasteiger partial charge in [0.15, 0.2) is 5.76 Å². The van der Waals surface area contributed by atoms with Crippen LogP contribution in [0.5, 0.6) is 0 Å². The standard InChI is InChI=1S/C18H20N6O2/c1-23(12-15-9-16(22-26-15)13-3-2-6-19-10-13)18-20-7-4-17(21-18)24-8-5-14(25)11-24/h2-4,6-7,9-10,14,25H,5,8,11-12H2,1H3/t14-/m1/s1. The van der Waals surface area contributed by atoms with Gasteiger partial charge in [-0.1, -0.05) is 5.16 Å². The van der Waals surface area contributed by atoms with Crippen LogP contribution in [0.25, 0.3) is 11.3 Å². The first-order chi connectivity index (χ1) is 12.7. The largest absolute Gasteiger partial charge is 0.391 e. The number of aliphatic hydroxyl groups excluding tert-OH is 1. The van der Waals surface area contributed by atoms with Gasteiger partial charge in [-0.2, -0.15) is 4.98 Å². The van der Waals surface area contributed by atoms with E-state index in [1.54, 1.807) is 18.6 Å². The molecule has 3 aromatic heterocycles. The third-order valence-corrected chi connectivity index (χ3v) is 4.37. The molecule has 1 fully saturated rings. The van der Waals surface area contributed by atoms with Crippen LogP contribution in [0.4, 0.5) is 11.8 Å². The van der Waals surface area contributed by atoms with Crippen LogP contribution in [0.3, 0.4) is 0 Å². The molecule has 26 heavy (non-hydrogen) atoms. The predicted octanol–water partition coefficient (Wildman–Crippen LogP) is 1.73. The van der Waals surface area contributed by atoms with Gasteiger partial charge >= 0.3 is 0 Å². The Morgan fingerprint density at radius 3 is 3.04 bits per heavy atom. The zero-order chi connectivity index (χ0) is 17.9. The molecule has 8 nitrogen and oxygen atoms in total. The Balaban J connectivity index is 1.47. The Morgan fingerprint density at radius 2 is 2.27 bits per heavy atom. The Kier molecular flexibility index (Phi) is 4.49. The van der Waals surface area contributed by atoms with Crippen LogP contribution in [-0.2, 0) is 6.54 Å². The molecular formula is C18H20N6O2. The van der Waals surface area contributed by atoms with Crippen molar-refractivity contribution < 1.29 is 9.63 Å². The second kappa shape index (κ2) is 7.09. The first kappa shape index (κ1) is 16.5. The summed E-state index contributed by atoms with van der Waals surface area (Å²) in [6, 6.07) is 7.57. The van der Waals surface area contributed by atoms with E-state index in [0.717, 1.165) is 35.8 Å². The van der Waals surface area contributed by atoms with Gasteiger partial charge in [-0.15, -0.1) is 0 Å². The van der Waals surface area contributed by atoms with Gasteiger partial charge in [0.25, 0.3) is 0 Å². The van der Waals surface area contributed by atoms with Crippen molar-refractivity contribution in [2.45, 2.75) is 19.1 Å². The van der Waals surface area contributed by atoms with Gasteiger partial charge in [-0.3, -0.25) is 4.98 Å². The van der Waals surface area contributed by atoms with Gasteiger partial charge < -0.3 is 19.4 Å². The highest BCUT2D eigenvalue weighted by Crippen LogP contribution is 2.22. The minimum Gasteiger partial charge on any atom is -0.391 e. The number of aliphatic hydroxyl groups is 1. The number of hydrogen-bond acceptors (Lipinski definition) is 8. The maximum absolute atomic E-state index is 9.71. The predicted molar refractivity (Wildman–Crippen MR) is 96.7 cm³/mol. The van der Waals surface area contributed by atoms with Crippen LogP contribution in [0.2, 0.25) is 0 Å². The summed E-state index contributed by atoms with van der Waals surface area (Å²) in [6.45, 7) is 1.91. The van der Waals surface area contributed by atoms with E-state index in [4.69, 9.17) is 4.52 Å². The van der Waals surface area contributed by atoms with Crippen molar-refractivity contribution in [3.05, 3.63) is 48.6 Å². The van der Waals surface area contributed by atoms with Crippen molar-refractivity contribution in [1.82, 2.24) is 20.1 Å². The molecule has 0 spiro atoms. The number of β-amino-alcohol motifs (C(OH)–C–C–N with tert-alkyl or cyclic N) is 1. The second-order valence-corrected chi connectivity index (χ2v) is 6.38. The quantitative estimate of drug-likeness (QED) is 0.742. The maximum atomic E-state index is 9.71. The summed E-state index contributed by atoms with van der Waals surface area (Å²) in [6.07, 6.45) is 5.70. The molecule has 0 aliphatic carbocycles. The number of rotatable bonds is 5. The van der Waals surface area contributed by atoms with Crippen LogP contribution < -0.4 is 9.80 Å². The fourth-order valence-corrected chi connectivity index (χ4v) is 2.99.